The number of ether oxygens (including phenoxy) is 11. The van der Waals surface area contributed by atoms with Gasteiger partial charge in [0, 0.05) is 18.8 Å². The van der Waals surface area contributed by atoms with Crippen molar-refractivity contribution in [3.8, 4) is 23.0 Å². The molecule has 3 heterocycles. The lowest BCUT2D eigenvalue weighted by molar-refractivity contribution is -0.351. The van der Waals surface area contributed by atoms with E-state index >= 15 is 0 Å². The summed E-state index contributed by atoms with van der Waals surface area (Å²) in [6.45, 7) is 22.2. The average molecular weight is 941 g/mol. The highest BCUT2D eigenvalue weighted by molar-refractivity contribution is 5.30. The van der Waals surface area contributed by atoms with E-state index in [2.05, 4.69) is 60.6 Å². The van der Waals surface area contributed by atoms with Gasteiger partial charge in [0.05, 0.1) is 62.5 Å². The lowest BCUT2D eigenvalue weighted by Crippen LogP contribution is -2.54. The number of epoxide rings is 2. The average Bonchev–Trinajstić information content (AvgIpc) is 4.30. The standard InChI is InChI=1S/C56H76O12/c1-9-54(7,65-31-42-14-22-48(23-15-42)60-36-51-38-62-51)28-45(57)34-58-46-20-12-41(13-21-46)30-64-53(5,6)40(4)55(8,10-2)66-32-43-16-24-47(25-17-43)59-35-50-29-56(11-3,68-50)67-33-44-18-26-49(27-19-44)61-37-52-39-63-52/h12-27,40,45,50-52,57H,9-11,28-39H2,1-8H3. The van der Waals surface area contributed by atoms with Crippen molar-refractivity contribution in [2.24, 2.45) is 5.92 Å². The third-order valence-electron chi connectivity index (χ3n) is 14.1. The van der Waals surface area contributed by atoms with Crippen LogP contribution < -0.4 is 18.9 Å². The number of aliphatic hydroxyl groups is 1. The molecule has 0 spiro atoms. The second-order valence-corrected chi connectivity index (χ2v) is 19.7. The fraction of sp³-hybridized carbons (Fsp3) is 0.571. The van der Waals surface area contributed by atoms with Gasteiger partial charge in [0.2, 0.25) is 0 Å². The van der Waals surface area contributed by atoms with Gasteiger partial charge in [0.25, 0.3) is 0 Å². The van der Waals surface area contributed by atoms with Gasteiger partial charge in [-0.05, 0) is 118 Å². The summed E-state index contributed by atoms with van der Waals surface area (Å²) in [7, 11) is 0. The number of rotatable bonds is 31. The van der Waals surface area contributed by atoms with E-state index in [9.17, 15) is 5.11 Å². The van der Waals surface area contributed by atoms with Crippen LogP contribution in [0.5, 0.6) is 23.0 Å². The monoisotopic (exact) mass is 941 g/mol. The highest BCUT2D eigenvalue weighted by Crippen LogP contribution is 2.39. The Morgan fingerprint density at radius 3 is 1.41 bits per heavy atom. The minimum absolute atomic E-state index is 0.0285. The van der Waals surface area contributed by atoms with E-state index in [1.807, 2.05) is 91.9 Å². The molecular weight excluding hydrogens is 865 g/mol. The van der Waals surface area contributed by atoms with Crippen LogP contribution >= 0.6 is 0 Å². The third kappa shape index (κ3) is 15.4. The molecule has 8 atom stereocenters. The molecule has 0 radical (unpaired) electrons. The summed E-state index contributed by atoms with van der Waals surface area (Å²) in [4.78, 5) is 0. The van der Waals surface area contributed by atoms with Crippen LogP contribution in [0, 0.1) is 5.92 Å². The topological polar surface area (TPSA) is 128 Å². The predicted octanol–water partition coefficient (Wildman–Crippen LogP) is 10.6. The summed E-state index contributed by atoms with van der Waals surface area (Å²) < 4.78 is 66.1. The van der Waals surface area contributed by atoms with Crippen LogP contribution in [-0.4, -0.2) is 91.8 Å². The van der Waals surface area contributed by atoms with E-state index in [-0.39, 0.29) is 30.8 Å². The third-order valence-corrected chi connectivity index (χ3v) is 14.1. The smallest absolute Gasteiger partial charge is 0.171 e. The van der Waals surface area contributed by atoms with Crippen LogP contribution in [0.3, 0.4) is 0 Å². The van der Waals surface area contributed by atoms with E-state index in [0.29, 0.717) is 58.4 Å². The van der Waals surface area contributed by atoms with Gasteiger partial charge in [-0.25, -0.2) is 0 Å². The van der Waals surface area contributed by atoms with Crippen LogP contribution in [0.15, 0.2) is 97.1 Å². The normalized spacial score (nSPS) is 22.5. The summed E-state index contributed by atoms with van der Waals surface area (Å²) in [5.74, 6) is 2.63. The van der Waals surface area contributed by atoms with Crippen molar-refractivity contribution in [3.05, 3.63) is 119 Å². The van der Waals surface area contributed by atoms with Gasteiger partial charge < -0.3 is 57.2 Å². The largest absolute Gasteiger partial charge is 0.491 e. The first-order valence-corrected chi connectivity index (χ1v) is 24.7. The second kappa shape index (κ2) is 23.6. The lowest BCUT2D eigenvalue weighted by atomic mass is 9.77. The summed E-state index contributed by atoms with van der Waals surface area (Å²) in [5.41, 5.74) is 2.82. The number of hydrogen-bond donors (Lipinski definition) is 1. The van der Waals surface area contributed by atoms with Gasteiger partial charge in [-0.2, -0.15) is 0 Å². The Kier molecular flexibility index (Phi) is 17.9. The molecule has 0 saturated carbocycles. The quantitative estimate of drug-likeness (QED) is 0.0482. The Bertz CT molecular complexity index is 2100. The molecule has 0 aromatic heterocycles. The van der Waals surface area contributed by atoms with Crippen LogP contribution in [0.2, 0.25) is 0 Å². The van der Waals surface area contributed by atoms with Gasteiger partial charge >= 0.3 is 0 Å². The summed E-state index contributed by atoms with van der Waals surface area (Å²) in [5, 5.41) is 10.9. The molecule has 1 N–H and O–H groups in total. The molecule has 12 heteroatoms. The van der Waals surface area contributed by atoms with Crippen LogP contribution in [0.4, 0.5) is 0 Å². The van der Waals surface area contributed by atoms with Gasteiger partial charge in [-0.15, -0.1) is 0 Å². The fourth-order valence-electron chi connectivity index (χ4n) is 8.22. The molecule has 4 aromatic carbocycles. The molecule has 0 aliphatic carbocycles. The second-order valence-electron chi connectivity index (χ2n) is 19.7. The molecule has 7 rings (SSSR count). The molecule has 8 unspecified atom stereocenters. The molecule has 3 aliphatic heterocycles. The van der Waals surface area contributed by atoms with E-state index in [4.69, 9.17) is 52.1 Å². The van der Waals surface area contributed by atoms with Crippen molar-refractivity contribution in [3.63, 3.8) is 0 Å². The van der Waals surface area contributed by atoms with E-state index in [1.165, 1.54) is 0 Å². The minimum Gasteiger partial charge on any atom is -0.491 e. The SMILES string of the molecule is CCC(C)(CC(O)COc1ccc(COC(C)(C)C(C)C(C)(CC)OCc2ccc(OCC3CC(CC)(OCc4ccc(OCC5CO5)cc4)O3)cc2)cc1)OCc1ccc(OCC2CO2)cc1. The maximum atomic E-state index is 10.9. The molecule has 68 heavy (non-hydrogen) atoms. The first kappa shape index (κ1) is 51.6. The van der Waals surface area contributed by atoms with Gasteiger partial charge in [0.15, 0.2) is 5.79 Å². The molecule has 3 aliphatic rings. The summed E-state index contributed by atoms with van der Waals surface area (Å²) in [6.07, 6.45) is 3.32. The summed E-state index contributed by atoms with van der Waals surface area (Å²) >= 11 is 0. The van der Waals surface area contributed by atoms with Crippen molar-refractivity contribution in [2.75, 3.05) is 39.6 Å². The number of aliphatic hydroxyl groups excluding tert-OH is 1. The zero-order chi connectivity index (χ0) is 48.2. The van der Waals surface area contributed by atoms with E-state index in [1.54, 1.807) is 0 Å². The molecular formula is C56H76O12. The van der Waals surface area contributed by atoms with Gasteiger partial charge in [0.1, 0.15) is 67.7 Å². The van der Waals surface area contributed by atoms with Crippen molar-refractivity contribution in [1.29, 1.82) is 0 Å². The van der Waals surface area contributed by atoms with Crippen molar-refractivity contribution < 1.29 is 57.2 Å². The number of hydrogen-bond acceptors (Lipinski definition) is 12. The number of benzene rings is 4. The molecule has 12 nitrogen and oxygen atoms in total. The van der Waals surface area contributed by atoms with Crippen molar-refractivity contribution >= 4 is 0 Å². The molecule has 372 valence electrons. The molecule has 3 saturated heterocycles. The highest BCUT2D eigenvalue weighted by Gasteiger charge is 2.46. The van der Waals surface area contributed by atoms with Crippen molar-refractivity contribution in [1.82, 2.24) is 0 Å². The van der Waals surface area contributed by atoms with E-state index in [0.717, 1.165) is 78.4 Å². The van der Waals surface area contributed by atoms with Crippen molar-refractivity contribution in [2.45, 2.75) is 161 Å². The van der Waals surface area contributed by atoms with Gasteiger partial charge in [-0.1, -0.05) is 76.2 Å². The first-order valence-electron chi connectivity index (χ1n) is 24.7. The van der Waals surface area contributed by atoms with Gasteiger partial charge in [-0.3, -0.25) is 0 Å². The Hall–Kier alpha value is -4.24. The Morgan fingerprint density at radius 2 is 0.985 bits per heavy atom. The summed E-state index contributed by atoms with van der Waals surface area (Å²) in [6, 6.07) is 31.9. The molecule has 3 fully saturated rings. The van der Waals surface area contributed by atoms with Crippen LogP contribution in [0.25, 0.3) is 0 Å². The molecule has 0 amide bonds. The van der Waals surface area contributed by atoms with Crippen LogP contribution in [-0.2, 0) is 59.6 Å². The Balaban J connectivity index is 0.780. The first-order chi connectivity index (χ1) is 32.7. The van der Waals surface area contributed by atoms with Crippen LogP contribution in [0.1, 0.15) is 110 Å². The zero-order valence-corrected chi connectivity index (χ0v) is 41.7. The maximum absolute atomic E-state index is 10.9. The fourth-order valence-corrected chi connectivity index (χ4v) is 8.22. The zero-order valence-electron chi connectivity index (χ0n) is 41.7. The molecule has 4 aromatic rings. The Labute approximate surface area is 404 Å². The lowest BCUT2D eigenvalue weighted by Gasteiger charge is -2.46. The predicted molar refractivity (Wildman–Crippen MR) is 260 cm³/mol. The highest BCUT2D eigenvalue weighted by atomic mass is 16.7. The van der Waals surface area contributed by atoms with E-state index < -0.39 is 28.7 Å². The maximum Gasteiger partial charge on any atom is 0.171 e. The molecule has 0 bridgehead atoms. The Morgan fingerprint density at radius 1 is 0.574 bits per heavy atom. The minimum atomic E-state index is -0.689.